The highest BCUT2D eigenvalue weighted by Crippen LogP contribution is 2.33. The largest absolute Gasteiger partial charge is 0.431 e. The third-order valence-corrected chi connectivity index (χ3v) is 2.87. The van der Waals surface area contributed by atoms with Gasteiger partial charge < -0.3 is 10.1 Å². The second-order valence-electron chi connectivity index (χ2n) is 4.22. The summed E-state index contributed by atoms with van der Waals surface area (Å²) in [6, 6.07) is 6.22. The fourth-order valence-corrected chi connectivity index (χ4v) is 1.92. The van der Waals surface area contributed by atoms with Gasteiger partial charge in [0, 0.05) is 12.6 Å². The molecule has 0 saturated heterocycles. The van der Waals surface area contributed by atoms with Crippen molar-refractivity contribution in [1.82, 2.24) is 9.97 Å². The van der Waals surface area contributed by atoms with Crippen molar-refractivity contribution in [3.63, 3.8) is 0 Å². The van der Waals surface area contributed by atoms with Crippen molar-refractivity contribution in [3.05, 3.63) is 46.3 Å². The van der Waals surface area contributed by atoms with Crippen LogP contribution in [0.4, 0.5) is 11.5 Å². The van der Waals surface area contributed by atoms with Crippen molar-refractivity contribution in [2.24, 2.45) is 0 Å². The Labute approximate surface area is 122 Å². The maximum absolute atomic E-state index is 11.0. The molecule has 1 aromatic heterocycles. The molecule has 0 unspecified atom stereocenters. The lowest BCUT2D eigenvalue weighted by Gasteiger charge is -2.12. The first-order chi connectivity index (χ1) is 10.2. The fraction of sp³-hybridized carbons (Fsp3) is 0.286. The Bertz CT molecular complexity index is 646. The highest BCUT2D eigenvalue weighted by Gasteiger charge is 2.18. The molecule has 0 amide bonds. The van der Waals surface area contributed by atoms with Crippen molar-refractivity contribution in [2.75, 3.05) is 11.9 Å². The molecule has 7 heteroatoms. The first-order valence-electron chi connectivity index (χ1n) is 6.66. The van der Waals surface area contributed by atoms with Gasteiger partial charge in [-0.05, 0) is 19.4 Å². The minimum absolute atomic E-state index is 0.0943. The fourth-order valence-electron chi connectivity index (χ4n) is 1.92. The van der Waals surface area contributed by atoms with Crippen LogP contribution in [0.5, 0.6) is 11.6 Å². The van der Waals surface area contributed by atoms with Gasteiger partial charge in [-0.3, -0.25) is 10.1 Å². The Morgan fingerprint density at radius 2 is 2.05 bits per heavy atom. The molecule has 0 atom stereocenters. The second kappa shape index (κ2) is 6.65. The summed E-state index contributed by atoms with van der Waals surface area (Å²) in [4.78, 5) is 18.8. The molecule has 110 valence electrons. The standard InChI is InChI=1S/C14H16N4O3/c1-3-10-13(15-4-2)16-9-17-14(10)21-12-8-6-5-7-11(12)18(19)20/h5-9H,3-4H2,1-2H3,(H,15,16,17). The normalized spacial score (nSPS) is 10.2. The first kappa shape index (κ1) is 14.7. The highest BCUT2D eigenvalue weighted by atomic mass is 16.6. The lowest BCUT2D eigenvalue weighted by Crippen LogP contribution is -2.06. The maximum Gasteiger partial charge on any atom is 0.311 e. The molecule has 1 N–H and O–H groups in total. The molecule has 2 aromatic rings. The van der Waals surface area contributed by atoms with Gasteiger partial charge in [0.25, 0.3) is 0 Å². The molecular weight excluding hydrogens is 272 g/mol. The van der Waals surface area contributed by atoms with Gasteiger partial charge in [0.2, 0.25) is 11.6 Å². The molecule has 0 spiro atoms. The minimum Gasteiger partial charge on any atom is -0.431 e. The quantitative estimate of drug-likeness (QED) is 0.648. The van der Waals surface area contributed by atoms with E-state index < -0.39 is 4.92 Å². The number of benzene rings is 1. The summed E-state index contributed by atoms with van der Waals surface area (Å²) < 4.78 is 5.65. The molecule has 0 aliphatic rings. The average molecular weight is 288 g/mol. The number of nitrogens with one attached hydrogen (secondary N) is 1. The number of hydrogen-bond acceptors (Lipinski definition) is 6. The second-order valence-corrected chi connectivity index (χ2v) is 4.22. The molecule has 1 heterocycles. The van der Waals surface area contributed by atoms with Gasteiger partial charge in [-0.2, -0.15) is 0 Å². The van der Waals surface area contributed by atoms with Crippen LogP contribution in [-0.4, -0.2) is 21.4 Å². The molecule has 7 nitrogen and oxygen atoms in total. The summed E-state index contributed by atoms with van der Waals surface area (Å²) in [6.45, 7) is 4.63. The molecule has 2 rings (SSSR count). The predicted molar refractivity (Wildman–Crippen MR) is 78.7 cm³/mol. The maximum atomic E-state index is 11.0. The van der Waals surface area contributed by atoms with Gasteiger partial charge >= 0.3 is 5.69 Å². The van der Waals surface area contributed by atoms with Crippen molar-refractivity contribution in [3.8, 4) is 11.6 Å². The number of anilines is 1. The molecule has 1 aromatic carbocycles. The van der Waals surface area contributed by atoms with Crippen molar-refractivity contribution < 1.29 is 9.66 Å². The van der Waals surface area contributed by atoms with Gasteiger partial charge in [0.1, 0.15) is 12.1 Å². The molecule has 0 fully saturated rings. The number of hydrogen-bond donors (Lipinski definition) is 1. The number of aromatic nitrogens is 2. The third-order valence-electron chi connectivity index (χ3n) is 2.87. The van der Waals surface area contributed by atoms with Crippen LogP contribution in [-0.2, 0) is 6.42 Å². The van der Waals surface area contributed by atoms with Crippen molar-refractivity contribution >= 4 is 11.5 Å². The number of nitro groups is 1. The van der Waals surface area contributed by atoms with Gasteiger partial charge in [-0.25, -0.2) is 9.97 Å². The summed E-state index contributed by atoms with van der Waals surface area (Å²) in [6.07, 6.45) is 2.03. The Morgan fingerprint density at radius 1 is 1.29 bits per heavy atom. The number of nitrogens with zero attached hydrogens (tertiary/aromatic N) is 3. The van der Waals surface area contributed by atoms with Crippen LogP contribution in [0.25, 0.3) is 0 Å². The van der Waals surface area contributed by atoms with Gasteiger partial charge in [-0.15, -0.1) is 0 Å². The van der Waals surface area contributed by atoms with Crippen LogP contribution >= 0.6 is 0 Å². The van der Waals surface area contributed by atoms with Gasteiger partial charge in [0.15, 0.2) is 0 Å². The SMILES string of the molecule is CCNc1ncnc(Oc2ccccc2[N+](=O)[O-])c1CC. The number of para-hydroxylation sites is 2. The van der Waals surface area contributed by atoms with E-state index in [0.717, 1.165) is 12.1 Å². The van der Waals surface area contributed by atoms with Crippen LogP contribution in [0, 0.1) is 10.1 Å². The van der Waals surface area contributed by atoms with E-state index in [0.29, 0.717) is 18.1 Å². The van der Waals surface area contributed by atoms with Crippen LogP contribution in [0.2, 0.25) is 0 Å². The molecule has 0 saturated carbocycles. The topological polar surface area (TPSA) is 90.2 Å². The van der Waals surface area contributed by atoms with E-state index >= 15 is 0 Å². The lowest BCUT2D eigenvalue weighted by atomic mass is 10.2. The monoisotopic (exact) mass is 288 g/mol. The molecule has 0 aliphatic heterocycles. The number of nitro benzene ring substituents is 1. The lowest BCUT2D eigenvalue weighted by molar-refractivity contribution is -0.385. The number of rotatable bonds is 6. The number of ether oxygens (including phenoxy) is 1. The Balaban J connectivity index is 2.40. The zero-order valence-corrected chi connectivity index (χ0v) is 11.9. The van der Waals surface area contributed by atoms with E-state index in [1.807, 2.05) is 13.8 Å². The van der Waals surface area contributed by atoms with E-state index in [2.05, 4.69) is 15.3 Å². The molecular formula is C14H16N4O3. The first-order valence-corrected chi connectivity index (χ1v) is 6.66. The summed E-state index contributed by atoms with van der Waals surface area (Å²) in [5.41, 5.74) is 0.695. The smallest absolute Gasteiger partial charge is 0.311 e. The van der Waals surface area contributed by atoms with Gasteiger partial charge in [-0.1, -0.05) is 19.1 Å². The van der Waals surface area contributed by atoms with E-state index in [4.69, 9.17) is 4.74 Å². The minimum atomic E-state index is -0.479. The molecule has 0 aliphatic carbocycles. The zero-order chi connectivity index (χ0) is 15.2. The highest BCUT2D eigenvalue weighted by molar-refractivity contribution is 5.52. The zero-order valence-electron chi connectivity index (χ0n) is 11.9. The Kier molecular flexibility index (Phi) is 4.65. The summed E-state index contributed by atoms with van der Waals surface area (Å²) >= 11 is 0. The Morgan fingerprint density at radius 3 is 2.71 bits per heavy atom. The average Bonchev–Trinajstić information content (AvgIpc) is 2.48. The van der Waals surface area contributed by atoms with Crippen molar-refractivity contribution in [1.29, 1.82) is 0 Å². The van der Waals surface area contributed by atoms with E-state index in [1.165, 1.54) is 12.4 Å². The molecule has 0 bridgehead atoms. The van der Waals surface area contributed by atoms with Crippen molar-refractivity contribution in [2.45, 2.75) is 20.3 Å². The summed E-state index contributed by atoms with van der Waals surface area (Å²) in [5.74, 6) is 1.18. The van der Waals surface area contributed by atoms with Crippen LogP contribution < -0.4 is 10.1 Å². The molecule has 21 heavy (non-hydrogen) atoms. The van der Waals surface area contributed by atoms with Gasteiger partial charge in [0.05, 0.1) is 10.5 Å². The van der Waals surface area contributed by atoms with Crippen LogP contribution in [0.1, 0.15) is 19.4 Å². The van der Waals surface area contributed by atoms with E-state index in [9.17, 15) is 10.1 Å². The summed E-state index contributed by atoms with van der Waals surface area (Å²) in [5, 5.41) is 14.1. The third kappa shape index (κ3) is 3.25. The Hall–Kier alpha value is -2.70. The van der Waals surface area contributed by atoms with Crippen LogP contribution in [0.15, 0.2) is 30.6 Å². The predicted octanol–water partition coefficient (Wildman–Crippen LogP) is 3.17. The van der Waals surface area contributed by atoms with Crippen LogP contribution in [0.3, 0.4) is 0 Å². The summed E-state index contributed by atoms with van der Waals surface area (Å²) in [7, 11) is 0. The molecule has 0 radical (unpaired) electrons. The van der Waals surface area contributed by atoms with E-state index in [-0.39, 0.29) is 11.4 Å². The van der Waals surface area contributed by atoms with E-state index in [1.54, 1.807) is 18.2 Å².